The highest BCUT2D eigenvalue weighted by atomic mass is 16.3. The molecule has 220 valence electrons. The molecule has 0 unspecified atom stereocenters. The van der Waals surface area contributed by atoms with E-state index < -0.39 is 0 Å². The molecular formula is C44H27NO2. The van der Waals surface area contributed by atoms with Gasteiger partial charge in [-0.2, -0.15) is 0 Å². The first-order chi connectivity index (χ1) is 23.3. The lowest BCUT2D eigenvalue weighted by atomic mass is 10.00. The molecule has 2 heterocycles. The molecule has 0 saturated heterocycles. The van der Waals surface area contributed by atoms with Gasteiger partial charge < -0.3 is 13.7 Å². The van der Waals surface area contributed by atoms with E-state index in [0.717, 1.165) is 71.7 Å². The van der Waals surface area contributed by atoms with Crippen LogP contribution in [0, 0.1) is 0 Å². The number of furan rings is 2. The molecule has 0 bridgehead atoms. The topological polar surface area (TPSA) is 29.5 Å². The number of fused-ring (bicyclic) bond motifs is 9. The SMILES string of the molecule is c1ccc(-c2ccc(N(c3ccc4c(c3)oc3cc5ccccc5cc34)c3cccc4ccc5oc6ccccc6c5c34)cc2)cc1. The standard InChI is InChI=1S/C44H27NO2/c1-2-9-28(10-3-1)29-17-20-33(21-18-29)45(34-22-23-35-37-25-31-11-4-5-12-32(31)26-41(37)47-42(35)27-34)38-15-8-13-30-19-24-40-44(43(30)38)36-14-6-7-16-39(36)46-40/h1-27H. The third-order valence-electron chi connectivity index (χ3n) is 9.42. The van der Waals surface area contributed by atoms with E-state index in [1.807, 2.05) is 12.1 Å². The van der Waals surface area contributed by atoms with Crippen molar-refractivity contribution in [3.8, 4) is 11.1 Å². The van der Waals surface area contributed by atoms with Gasteiger partial charge in [0.25, 0.3) is 0 Å². The van der Waals surface area contributed by atoms with Crippen molar-refractivity contribution in [2.45, 2.75) is 0 Å². The fourth-order valence-electron chi connectivity index (χ4n) is 7.21. The molecule has 8 aromatic carbocycles. The van der Waals surface area contributed by atoms with E-state index in [-0.39, 0.29) is 0 Å². The number of nitrogens with zero attached hydrogens (tertiary/aromatic N) is 1. The summed E-state index contributed by atoms with van der Waals surface area (Å²) < 4.78 is 12.9. The van der Waals surface area contributed by atoms with Crippen molar-refractivity contribution in [2.75, 3.05) is 4.90 Å². The first kappa shape index (κ1) is 26.0. The molecule has 3 nitrogen and oxygen atoms in total. The van der Waals surface area contributed by atoms with Crippen LogP contribution in [-0.4, -0.2) is 0 Å². The normalized spacial score (nSPS) is 11.8. The van der Waals surface area contributed by atoms with E-state index >= 15 is 0 Å². The highest BCUT2D eigenvalue weighted by Gasteiger charge is 2.21. The highest BCUT2D eigenvalue weighted by molar-refractivity contribution is 6.23. The Morgan fingerprint density at radius 3 is 1.89 bits per heavy atom. The van der Waals surface area contributed by atoms with E-state index in [2.05, 4.69) is 157 Å². The zero-order chi connectivity index (χ0) is 30.9. The lowest BCUT2D eigenvalue weighted by Gasteiger charge is -2.27. The summed E-state index contributed by atoms with van der Waals surface area (Å²) in [6.45, 7) is 0. The zero-order valence-electron chi connectivity index (χ0n) is 25.4. The van der Waals surface area contributed by atoms with Crippen LogP contribution in [0.1, 0.15) is 0 Å². The van der Waals surface area contributed by atoms with Gasteiger partial charge >= 0.3 is 0 Å². The molecule has 0 atom stereocenters. The largest absolute Gasteiger partial charge is 0.456 e. The van der Waals surface area contributed by atoms with Gasteiger partial charge in [-0.15, -0.1) is 0 Å². The van der Waals surface area contributed by atoms with Crippen molar-refractivity contribution in [3.05, 3.63) is 164 Å². The maximum atomic E-state index is 6.56. The Balaban J connectivity index is 1.24. The van der Waals surface area contributed by atoms with Gasteiger partial charge in [-0.05, 0) is 81.9 Å². The maximum absolute atomic E-state index is 6.56. The van der Waals surface area contributed by atoms with Crippen LogP contribution in [0.3, 0.4) is 0 Å². The summed E-state index contributed by atoms with van der Waals surface area (Å²) in [7, 11) is 0. The van der Waals surface area contributed by atoms with E-state index in [4.69, 9.17) is 8.83 Å². The summed E-state index contributed by atoms with van der Waals surface area (Å²) in [5, 5.41) is 9.15. The summed E-state index contributed by atoms with van der Waals surface area (Å²) in [4.78, 5) is 2.35. The van der Waals surface area contributed by atoms with E-state index in [9.17, 15) is 0 Å². The Hall–Kier alpha value is -6.32. The molecule has 0 saturated carbocycles. The van der Waals surface area contributed by atoms with Crippen molar-refractivity contribution >= 4 is 82.5 Å². The predicted octanol–water partition coefficient (Wildman–Crippen LogP) is 12.9. The fraction of sp³-hybridized carbons (Fsp3) is 0. The number of anilines is 3. The average Bonchev–Trinajstić information content (AvgIpc) is 3.69. The molecule has 10 aromatic rings. The molecule has 10 rings (SSSR count). The lowest BCUT2D eigenvalue weighted by Crippen LogP contribution is -2.10. The fourth-order valence-corrected chi connectivity index (χ4v) is 7.21. The number of hydrogen-bond acceptors (Lipinski definition) is 3. The summed E-state index contributed by atoms with van der Waals surface area (Å²) in [5.41, 5.74) is 9.05. The van der Waals surface area contributed by atoms with Crippen LogP contribution in [0.25, 0.3) is 76.5 Å². The highest BCUT2D eigenvalue weighted by Crippen LogP contribution is 2.45. The molecule has 3 heteroatoms. The van der Waals surface area contributed by atoms with Gasteiger partial charge in [0.2, 0.25) is 0 Å². The van der Waals surface area contributed by atoms with Gasteiger partial charge in [-0.3, -0.25) is 0 Å². The number of hydrogen-bond donors (Lipinski definition) is 0. The molecule has 47 heavy (non-hydrogen) atoms. The van der Waals surface area contributed by atoms with Crippen LogP contribution in [-0.2, 0) is 0 Å². The third kappa shape index (κ3) is 4.07. The maximum Gasteiger partial charge on any atom is 0.137 e. The Bertz CT molecular complexity index is 2790. The molecule has 0 aliphatic rings. The van der Waals surface area contributed by atoms with Crippen molar-refractivity contribution in [2.24, 2.45) is 0 Å². The molecule has 0 radical (unpaired) electrons. The molecule has 0 spiro atoms. The summed E-state index contributed by atoms with van der Waals surface area (Å²) in [6, 6.07) is 57.9. The van der Waals surface area contributed by atoms with Crippen LogP contribution in [0.5, 0.6) is 0 Å². The van der Waals surface area contributed by atoms with Gasteiger partial charge in [0.05, 0.1) is 5.69 Å². The summed E-state index contributed by atoms with van der Waals surface area (Å²) >= 11 is 0. The van der Waals surface area contributed by atoms with E-state index in [0.29, 0.717) is 0 Å². The van der Waals surface area contributed by atoms with Crippen molar-refractivity contribution in [1.29, 1.82) is 0 Å². The minimum absolute atomic E-state index is 0.859. The number of para-hydroxylation sites is 1. The van der Waals surface area contributed by atoms with Gasteiger partial charge in [0.15, 0.2) is 0 Å². The summed E-state index contributed by atoms with van der Waals surface area (Å²) in [6.07, 6.45) is 0. The molecule has 0 amide bonds. The van der Waals surface area contributed by atoms with Crippen LogP contribution in [0.2, 0.25) is 0 Å². The quantitative estimate of drug-likeness (QED) is 0.201. The van der Waals surface area contributed by atoms with Crippen molar-refractivity contribution in [3.63, 3.8) is 0 Å². The first-order valence-corrected chi connectivity index (χ1v) is 15.9. The smallest absolute Gasteiger partial charge is 0.137 e. The molecule has 0 fully saturated rings. The predicted molar refractivity (Wildman–Crippen MR) is 196 cm³/mol. The van der Waals surface area contributed by atoms with Crippen LogP contribution in [0.15, 0.2) is 173 Å². The zero-order valence-corrected chi connectivity index (χ0v) is 25.4. The van der Waals surface area contributed by atoms with Crippen LogP contribution >= 0.6 is 0 Å². The Morgan fingerprint density at radius 1 is 0.340 bits per heavy atom. The lowest BCUT2D eigenvalue weighted by molar-refractivity contribution is 0.669. The molecular weight excluding hydrogens is 574 g/mol. The van der Waals surface area contributed by atoms with Crippen molar-refractivity contribution in [1.82, 2.24) is 0 Å². The van der Waals surface area contributed by atoms with Gasteiger partial charge in [0, 0.05) is 44.4 Å². The second-order valence-corrected chi connectivity index (χ2v) is 12.1. The second-order valence-electron chi connectivity index (χ2n) is 12.1. The molecule has 0 N–H and O–H groups in total. The van der Waals surface area contributed by atoms with Gasteiger partial charge in [-0.1, -0.05) is 103 Å². The first-order valence-electron chi connectivity index (χ1n) is 15.9. The monoisotopic (exact) mass is 601 g/mol. The van der Waals surface area contributed by atoms with Crippen LogP contribution < -0.4 is 4.90 Å². The molecule has 0 aliphatic heterocycles. The third-order valence-corrected chi connectivity index (χ3v) is 9.42. The average molecular weight is 602 g/mol. The van der Waals surface area contributed by atoms with Gasteiger partial charge in [0.1, 0.15) is 22.3 Å². The minimum atomic E-state index is 0.859. The Morgan fingerprint density at radius 2 is 1.02 bits per heavy atom. The molecule has 0 aliphatic carbocycles. The van der Waals surface area contributed by atoms with Crippen molar-refractivity contribution < 1.29 is 8.83 Å². The van der Waals surface area contributed by atoms with Crippen LogP contribution in [0.4, 0.5) is 17.1 Å². The second kappa shape index (κ2) is 10.1. The minimum Gasteiger partial charge on any atom is -0.456 e. The van der Waals surface area contributed by atoms with Gasteiger partial charge in [-0.25, -0.2) is 0 Å². The Labute approximate surface area is 270 Å². The number of benzene rings is 8. The molecule has 2 aromatic heterocycles. The summed E-state index contributed by atoms with van der Waals surface area (Å²) in [5.74, 6) is 0. The van der Waals surface area contributed by atoms with E-state index in [1.54, 1.807) is 0 Å². The number of rotatable bonds is 4. The van der Waals surface area contributed by atoms with E-state index in [1.165, 1.54) is 21.9 Å². The Kier molecular flexibility index (Phi) is 5.57.